The topological polar surface area (TPSA) is 43.3 Å². The average molecular weight is 401 g/mol. The Morgan fingerprint density at radius 3 is 2.76 bits per heavy atom. The van der Waals surface area contributed by atoms with Gasteiger partial charge in [0.1, 0.15) is 11.4 Å². The Morgan fingerprint density at radius 1 is 1.20 bits per heavy atom. The van der Waals surface area contributed by atoms with Crippen molar-refractivity contribution in [2.24, 2.45) is 7.05 Å². The fourth-order valence-corrected chi connectivity index (χ4v) is 3.63. The van der Waals surface area contributed by atoms with Gasteiger partial charge in [0.25, 0.3) is 5.91 Å². The van der Waals surface area contributed by atoms with E-state index in [4.69, 9.17) is 4.74 Å². The second-order valence-electron chi connectivity index (χ2n) is 6.01. The number of hydrogen-bond acceptors (Lipinski definition) is 2. The highest BCUT2D eigenvalue weighted by Crippen LogP contribution is 2.30. The number of aromatic nitrogens is 1. The van der Waals surface area contributed by atoms with Crippen molar-refractivity contribution in [2.75, 3.05) is 13.2 Å². The summed E-state index contributed by atoms with van der Waals surface area (Å²) in [5.74, 6) is 0.781. The lowest BCUT2D eigenvalue weighted by Crippen LogP contribution is -2.27. The van der Waals surface area contributed by atoms with Gasteiger partial charge in [0, 0.05) is 24.5 Å². The quantitative estimate of drug-likeness (QED) is 0.621. The van der Waals surface area contributed by atoms with Gasteiger partial charge in [-0.25, -0.2) is 0 Å². The molecular formula is C20H21BrN2O2. The molecule has 5 heteroatoms. The van der Waals surface area contributed by atoms with Gasteiger partial charge >= 0.3 is 0 Å². The normalized spacial score (nSPS) is 10.8. The Hall–Kier alpha value is -2.27. The van der Waals surface area contributed by atoms with Crippen molar-refractivity contribution in [1.82, 2.24) is 9.88 Å². The number of benzene rings is 2. The van der Waals surface area contributed by atoms with Crippen LogP contribution in [0.4, 0.5) is 0 Å². The van der Waals surface area contributed by atoms with Crippen LogP contribution < -0.4 is 10.1 Å². The standard InChI is InChI=1S/C20H21BrN2O2/c1-14-7-5-8-15(13-14)25-12-6-11-22-20(24)19-18(21)16-9-3-4-10-17(16)23(19)2/h3-5,7-10,13H,6,11-12H2,1-2H3,(H,22,24). The van der Waals surface area contributed by atoms with Gasteiger partial charge in [-0.05, 0) is 53.0 Å². The molecule has 1 N–H and O–H groups in total. The molecule has 0 unspecified atom stereocenters. The minimum Gasteiger partial charge on any atom is -0.494 e. The summed E-state index contributed by atoms with van der Waals surface area (Å²) in [4.78, 5) is 12.5. The first-order valence-electron chi connectivity index (χ1n) is 8.28. The lowest BCUT2D eigenvalue weighted by atomic mass is 10.2. The van der Waals surface area contributed by atoms with Crippen molar-refractivity contribution >= 4 is 32.7 Å². The molecule has 0 radical (unpaired) electrons. The van der Waals surface area contributed by atoms with E-state index < -0.39 is 0 Å². The molecule has 25 heavy (non-hydrogen) atoms. The van der Waals surface area contributed by atoms with E-state index in [-0.39, 0.29) is 5.91 Å². The first kappa shape index (κ1) is 17.5. The van der Waals surface area contributed by atoms with Crippen LogP contribution >= 0.6 is 15.9 Å². The highest BCUT2D eigenvalue weighted by atomic mass is 79.9. The monoisotopic (exact) mass is 400 g/mol. The molecule has 3 aromatic rings. The molecule has 0 saturated heterocycles. The van der Waals surface area contributed by atoms with Crippen LogP contribution in [0.3, 0.4) is 0 Å². The summed E-state index contributed by atoms with van der Waals surface area (Å²) in [7, 11) is 1.91. The minimum absolute atomic E-state index is 0.0823. The largest absolute Gasteiger partial charge is 0.494 e. The molecule has 0 aliphatic carbocycles. The maximum absolute atomic E-state index is 12.5. The lowest BCUT2D eigenvalue weighted by Gasteiger charge is -2.09. The van der Waals surface area contributed by atoms with Crippen LogP contribution in [-0.4, -0.2) is 23.6 Å². The Morgan fingerprint density at radius 2 is 2.00 bits per heavy atom. The van der Waals surface area contributed by atoms with Gasteiger partial charge in [-0.2, -0.15) is 0 Å². The summed E-state index contributed by atoms with van der Waals surface area (Å²) in [5.41, 5.74) is 2.84. The molecule has 0 aliphatic heterocycles. The zero-order chi connectivity index (χ0) is 17.8. The van der Waals surface area contributed by atoms with Gasteiger partial charge in [-0.1, -0.05) is 30.3 Å². The molecule has 0 bridgehead atoms. The molecule has 1 aromatic heterocycles. The number of ether oxygens (including phenoxy) is 1. The third kappa shape index (κ3) is 3.87. The first-order valence-corrected chi connectivity index (χ1v) is 9.08. The van der Waals surface area contributed by atoms with Crippen LogP contribution in [0.2, 0.25) is 0 Å². The maximum atomic E-state index is 12.5. The molecular weight excluding hydrogens is 380 g/mol. The van der Waals surface area contributed by atoms with E-state index in [0.717, 1.165) is 27.5 Å². The molecule has 0 saturated carbocycles. The SMILES string of the molecule is Cc1cccc(OCCCNC(=O)c2c(Br)c3ccccc3n2C)c1. The second kappa shape index (κ2) is 7.74. The number of aryl methyl sites for hydroxylation is 2. The fourth-order valence-electron chi connectivity index (χ4n) is 2.85. The number of carbonyl (C=O) groups is 1. The minimum atomic E-state index is -0.0823. The molecule has 4 nitrogen and oxygen atoms in total. The van der Waals surface area contributed by atoms with E-state index in [1.165, 1.54) is 5.56 Å². The second-order valence-corrected chi connectivity index (χ2v) is 6.81. The molecule has 0 atom stereocenters. The van der Waals surface area contributed by atoms with Crippen molar-refractivity contribution in [3.8, 4) is 5.75 Å². The summed E-state index contributed by atoms with van der Waals surface area (Å²) in [6, 6.07) is 15.9. The number of nitrogens with one attached hydrogen (secondary N) is 1. The molecule has 2 aromatic carbocycles. The van der Waals surface area contributed by atoms with E-state index in [1.807, 2.05) is 67.1 Å². The maximum Gasteiger partial charge on any atom is 0.269 e. The summed E-state index contributed by atoms with van der Waals surface area (Å²) >= 11 is 3.56. The van der Waals surface area contributed by atoms with Crippen LogP contribution in [0, 0.1) is 6.92 Å². The van der Waals surface area contributed by atoms with Gasteiger partial charge in [-0.3, -0.25) is 4.79 Å². The molecule has 1 heterocycles. The Kier molecular flexibility index (Phi) is 5.43. The molecule has 1 amide bonds. The van der Waals surface area contributed by atoms with E-state index in [0.29, 0.717) is 18.8 Å². The summed E-state index contributed by atoms with van der Waals surface area (Å²) in [6.07, 6.45) is 0.751. The van der Waals surface area contributed by atoms with E-state index in [2.05, 4.69) is 21.2 Å². The van der Waals surface area contributed by atoms with Gasteiger partial charge < -0.3 is 14.6 Å². The Bertz CT molecular complexity index is 863. The molecule has 3 rings (SSSR count). The molecule has 0 spiro atoms. The molecule has 130 valence electrons. The lowest BCUT2D eigenvalue weighted by molar-refractivity contribution is 0.0943. The highest BCUT2D eigenvalue weighted by Gasteiger charge is 2.18. The smallest absolute Gasteiger partial charge is 0.269 e. The summed E-state index contributed by atoms with van der Waals surface area (Å²) < 4.78 is 8.45. The van der Waals surface area contributed by atoms with Gasteiger partial charge in [0.15, 0.2) is 0 Å². The van der Waals surface area contributed by atoms with Crippen molar-refractivity contribution in [3.63, 3.8) is 0 Å². The number of carbonyl (C=O) groups excluding carboxylic acids is 1. The van der Waals surface area contributed by atoms with Crippen molar-refractivity contribution < 1.29 is 9.53 Å². The average Bonchev–Trinajstić information content (AvgIpc) is 2.86. The van der Waals surface area contributed by atoms with Crippen LogP contribution in [0.1, 0.15) is 22.5 Å². The van der Waals surface area contributed by atoms with Crippen molar-refractivity contribution in [3.05, 3.63) is 64.3 Å². The third-order valence-electron chi connectivity index (χ3n) is 4.13. The van der Waals surface area contributed by atoms with Crippen molar-refractivity contribution in [1.29, 1.82) is 0 Å². The number of nitrogens with zero attached hydrogens (tertiary/aromatic N) is 1. The predicted molar refractivity (Wildman–Crippen MR) is 104 cm³/mol. The zero-order valence-corrected chi connectivity index (χ0v) is 16.0. The van der Waals surface area contributed by atoms with Gasteiger partial charge in [0.05, 0.1) is 11.1 Å². The molecule has 0 aliphatic rings. The molecule has 0 fully saturated rings. The Labute approximate surface area is 155 Å². The summed E-state index contributed by atoms with van der Waals surface area (Å²) in [6.45, 7) is 3.17. The number of rotatable bonds is 6. The summed E-state index contributed by atoms with van der Waals surface area (Å²) in [5, 5.41) is 4.01. The van der Waals surface area contributed by atoms with E-state index in [1.54, 1.807) is 0 Å². The number of fused-ring (bicyclic) bond motifs is 1. The highest BCUT2D eigenvalue weighted by molar-refractivity contribution is 9.10. The van der Waals surface area contributed by atoms with Crippen LogP contribution in [0.25, 0.3) is 10.9 Å². The third-order valence-corrected chi connectivity index (χ3v) is 4.93. The van der Waals surface area contributed by atoms with Crippen LogP contribution in [-0.2, 0) is 7.05 Å². The first-order chi connectivity index (χ1) is 12.1. The number of para-hydroxylation sites is 1. The van der Waals surface area contributed by atoms with Crippen LogP contribution in [0.15, 0.2) is 53.0 Å². The number of amides is 1. The van der Waals surface area contributed by atoms with Crippen LogP contribution in [0.5, 0.6) is 5.75 Å². The number of halogens is 1. The van der Waals surface area contributed by atoms with E-state index >= 15 is 0 Å². The van der Waals surface area contributed by atoms with Crippen molar-refractivity contribution in [2.45, 2.75) is 13.3 Å². The Balaban J connectivity index is 1.55. The fraction of sp³-hybridized carbons (Fsp3) is 0.250. The predicted octanol–water partition coefficient (Wildman–Crippen LogP) is 4.45. The number of hydrogen-bond donors (Lipinski definition) is 1. The zero-order valence-electron chi connectivity index (χ0n) is 14.4. The van der Waals surface area contributed by atoms with Gasteiger partial charge in [-0.15, -0.1) is 0 Å². The van der Waals surface area contributed by atoms with Gasteiger partial charge in [0.2, 0.25) is 0 Å². The van der Waals surface area contributed by atoms with E-state index in [9.17, 15) is 4.79 Å².